The Morgan fingerprint density at radius 3 is 2.42 bits per heavy atom. The Bertz CT molecular complexity index is 261. The maximum absolute atomic E-state index is 7.46. The van der Waals surface area contributed by atoms with Crippen LogP contribution in [-0.4, -0.2) is 8.35 Å². The fourth-order valence-corrected chi connectivity index (χ4v) is 2.55. The van der Waals surface area contributed by atoms with Gasteiger partial charge in [-0.3, -0.25) is 0 Å². The van der Waals surface area contributed by atoms with Crippen LogP contribution in [0.3, 0.4) is 0 Å². The zero-order valence-corrected chi connectivity index (χ0v) is 9.69. The normalized spacial score (nSPS) is 15.4. The van der Waals surface area contributed by atoms with Gasteiger partial charge >= 0.3 is 0 Å². The van der Waals surface area contributed by atoms with Gasteiger partial charge in [0.15, 0.2) is 0 Å². The van der Waals surface area contributed by atoms with Crippen molar-refractivity contribution in [2.75, 3.05) is 0 Å². The largest absolute Gasteiger partial charge is 0.202 e. The highest BCUT2D eigenvalue weighted by Crippen LogP contribution is 2.28. The quantitative estimate of drug-likeness (QED) is 0.557. The Labute approximate surface area is 82.2 Å². The zero-order chi connectivity index (χ0) is 9.90. The van der Waals surface area contributed by atoms with Crippen LogP contribution in [0.4, 0.5) is 0 Å². The summed E-state index contributed by atoms with van der Waals surface area (Å²) >= 11 is 1.32. The van der Waals surface area contributed by atoms with Gasteiger partial charge in [-0.25, -0.2) is 12.0 Å². The summed E-state index contributed by atoms with van der Waals surface area (Å²) in [6.45, 7) is 6.74. The minimum Gasteiger partial charge on any atom is -0.202 e. The van der Waals surface area contributed by atoms with Crippen molar-refractivity contribution in [1.29, 1.82) is 1.12 Å². The third-order valence-corrected chi connectivity index (χ3v) is 5.82. The van der Waals surface area contributed by atoms with E-state index in [9.17, 15) is 0 Å². The van der Waals surface area contributed by atoms with Crippen LogP contribution in [0.1, 0.15) is 18.0 Å². The molecular weight excluding hydrogens is 180 g/mol. The van der Waals surface area contributed by atoms with E-state index >= 15 is 0 Å². The fraction of sp³-hybridized carbons (Fsp3) is 0.400. The van der Waals surface area contributed by atoms with Crippen molar-refractivity contribution in [3.8, 4) is 0 Å². The fourth-order valence-electron chi connectivity index (χ4n) is 1.14. The van der Waals surface area contributed by atoms with E-state index in [1.165, 1.54) is 17.5 Å². The lowest BCUT2D eigenvalue weighted by molar-refractivity contribution is 1.04. The van der Waals surface area contributed by atoms with E-state index in [2.05, 4.69) is 44.3 Å². The summed E-state index contributed by atoms with van der Waals surface area (Å²) in [6.07, 6.45) is 0. The predicted molar refractivity (Wildman–Crippen MR) is 61.3 cm³/mol. The zero-order valence-electron chi connectivity index (χ0n) is 8.87. The SMILES string of the molecule is [2H]S[Si](C)(C)C(C)c1ccccc1. The molecule has 0 aliphatic rings. The lowest BCUT2D eigenvalue weighted by Gasteiger charge is -2.24. The van der Waals surface area contributed by atoms with Gasteiger partial charge in [-0.15, -0.1) is 0 Å². The number of benzene rings is 1. The minimum absolute atomic E-state index is 0.552. The highest BCUT2D eigenvalue weighted by molar-refractivity contribution is 8.14. The first-order valence-electron chi connectivity index (χ1n) is 4.68. The van der Waals surface area contributed by atoms with E-state index < -0.39 is 7.22 Å². The molecular formula is C10H16SSi. The molecule has 0 N–H and O–H groups in total. The average Bonchev–Trinajstić information content (AvgIpc) is 2.18. The van der Waals surface area contributed by atoms with E-state index in [0.717, 1.165) is 0 Å². The summed E-state index contributed by atoms with van der Waals surface area (Å²) in [6, 6.07) is 10.5. The van der Waals surface area contributed by atoms with Gasteiger partial charge in [0, 0.05) is 0 Å². The molecule has 66 valence electrons. The topological polar surface area (TPSA) is 0 Å². The van der Waals surface area contributed by atoms with Crippen molar-refractivity contribution >= 4 is 19.2 Å². The second kappa shape index (κ2) is 3.67. The Balaban J connectivity index is 2.85. The molecule has 0 bridgehead atoms. The molecule has 0 saturated carbocycles. The van der Waals surface area contributed by atoms with Crippen molar-refractivity contribution in [2.24, 2.45) is 0 Å². The van der Waals surface area contributed by atoms with Crippen LogP contribution in [0.15, 0.2) is 30.3 Å². The second-order valence-electron chi connectivity index (χ2n) is 3.74. The first kappa shape index (κ1) is 8.39. The molecule has 1 aromatic rings. The smallest absolute Gasteiger partial charge is 0.114 e. The van der Waals surface area contributed by atoms with E-state index in [-0.39, 0.29) is 0 Å². The molecule has 1 atom stereocenters. The second-order valence-corrected chi connectivity index (χ2v) is 11.0. The number of hydrogen-bond donors (Lipinski definition) is 1. The van der Waals surface area contributed by atoms with E-state index in [1.807, 2.05) is 6.07 Å². The molecule has 1 unspecified atom stereocenters. The van der Waals surface area contributed by atoms with Crippen LogP contribution in [0.2, 0.25) is 13.1 Å². The van der Waals surface area contributed by atoms with E-state index in [1.54, 1.807) is 0 Å². The molecule has 0 spiro atoms. The Morgan fingerprint density at radius 2 is 1.92 bits per heavy atom. The lowest BCUT2D eigenvalue weighted by Crippen LogP contribution is -2.25. The van der Waals surface area contributed by atoms with Crippen molar-refractivity contribution in [1.82, 2.24) is 0 Å². The molecule has 1 aromatic carbocycles. The Hall–Kier alpha value is -0.213. The third kappa shape index (κ3) is 2.39. The van der Waals surface area contributed by atoms with Gasteiger partial charge in [0.1, 0.15) is 7.22 Å². The molecule has 2 heteroatoms. The van der Waals surface area contributed by atoms with Crippen LogP contribution in [0.5, 0.6) is 0 Å². The first-order chi connectivity index (χ1) is 6.08. The van der Waals surface area contributed by atoms with Crippen molar-refractivity contribution in [3.05, 3.63) is 35.9 Å². The van der Waals surface area contributed by atoms with Crippen LogP contribution in [-0.2, 0) is 0 Å². The van der Waals surface area contributed by atoms with E-state index in [4.69, 9.17) is 1.12 Å². The molecule has 12 heavy (non-hydrogen) atoms. The van der Waals surface area contributed by atoms with Crippen LogP contribution < -0.4 is 0 Å². The molecule has 0 radical (unpaired) electrons. The van der Waals surface area contributed by atoms with Crippen LogP contribution in [0, 0.1) is 0 Å². The van der Waals surface area contributed by atoms with Gasteiger partial charge in [0.25, 0.3) is 0 Å². The molecule has 0 saturated heterocycles. The average molecular weight is 197 g/mol. The summed E-state index contributed by atoms with van der Waals surface area (Å²) in [5, 5.41) is 0. The molecule has 0 nitrogen and oxygen atoms in total. The number of thiol groups is 1. The standard InChI is InChI=1S/C10H16SSi/c1-9(12(2,3)11)10-7-5-4-6-8-10/h4-9,11H,1-3H3/i11D. The first-order valence-corrected chi connectivity index (χ1v) is 8.48. The van der Waals surface area contributed by atoms with Crippen molar-refractivity contribution < 1.29 is 0 Å². The van der Waals surface area contributed by atoms with E-state index in [0.29, 0.717) is 5.54 Å². The van der Waals surface area contributed by atoms with Crippen molar-refractivity contribution in [2.45, 2.75) is 25.6 Å². The number of hydrogen-bond acceptors (Lipinski definition) is 1. The molecule has 0 amide bonds. The maximum Gasteiger partial charge on any atom is 0.114 e. The molecule has 0 aliphatic heterocycles. The number of rotatable bonds is 3. The molecule has 0 fully saturated rings. The molecule has 0 aromatic heterocycles. The minimum atomic E-state index is -1.44. The van der Waals surface area contributed by atoms with Gasteiger partial charge in [-0.2, -0.15) is 0 Å². The van der Waals surface area contributed by atoms with Crippen LogP contribution >= 0.6 is 12.0 Å². The molecule has 0 aliphatic carbocycles. The summed E-state index contributed by atoms with van der Waals surface area (Å²) in [4.78, 5) is 0. The monoisotopic (exact) mass is 197 g/mol. The predicted octanol–water partition coefficient (Wildman–Crippen LogP) is 3.46. The highest BCUT2D eigenvalue weighted by atomic mass is 32.3. The van der Waals surface area contributed by atoms with Gasteiger partial charge in [0.2, 0.25) is 0 Å². The highest BCUT2D eigenvalue weighted by Gasteiger charge is 2.24. The summed E-state index contributed by atoms with van der Waals surface area (Å²) in [5.41, 5.74) is 1.93. The summed E-state index contributed by atoms with van der Waals surface area (Å²) in [7, 11) is -1.44. The maximum atomic E-state index is 7.46. The third-order valence-electron chi connectivity index (χ3n) is 2.34. The molecule has 0 heterocycles. The van der Waals surface area contributed by atoms with Gasteiger partial charge in [-0.05, 0) is 11.1 Å². The van der Waals surface area contributed by atoms with Crippen LogP contribution in [0.25, 0.3) is 0 Å². The Morgan fingerprint density at radius 1 is 1.33 bits per heavy atom. The molecule has 1 rings (SSSR count). The summed E-state index contributed by atoms with van der Waals surface area (Å²) in [5.74, 6) is 0. The van der Waals surface area contributed by atoms with Gasteiger partial charge in [-0.1, -0.05) is 50.3 Å². The van der Waals surface area contributed by atoms with Crippen molar-refractivity contribution in [3.63, 3.8) is 0 Å². The van der Waals surface area contributed by atoms with Gasteiger partial charge in [0.05, 0.1) is 1.12 Å². The van der Waals surface area contributed by atoms with Gasteiger partial charge < -0.3 is 0 Å². The Kier molecular flexibility index (Phi) is 2.56. The summed E-state index contributed by atoms with van der Waals surface area (Å²) < 4.78 is 7.46. The lowest BCUT2D eigenvalue weighted by atomic mass is 10.2.